The molecule has 1 unspecified atom stereocenters. The molecule has 1 heterocycles. The van der Waals surface area contributed by atoms with Gasteiger partial charge in [0.2, 0.25) is 0 Å². The highest BCUT2D eigenvalue weighted by Gasteiger charge is 2.26. The predicted octanol–water partition coefficient (Wildman–Crippen LogP) is 7.07. The molecule has 0 fully saturated rings. The molecule has 0 aliphatic carbocycles. The number of benzene rings is 3. The van der Waals surface area contributed by atoms with Gasteiger partial charge in [-0.3, -0.25) is 4.21 Å². The molecule has 0 aliphatic heterocycles. The van der Waals surface area contributed by atoms with E-state index in [9.17, 15) is 22.2 Å². The van der Waals surface area contributed by atoms with Crippen LogP contribution in [0.1, 0.15) is 74.5 Å². The van der Waals surface area contributed by atoms with E-state index in [4.69, 9.17) is 14.5 Å². The highest BCUT2D eigenvalue weighted by atomic mass is 32.2. The molecule has 0 radical (unpaired) electrons. The summed E-state index contributed by atoms with van der Waals surface area (Å²) in [6, 6.07) is 19.4. The molecule has 10 nitrogen and oxygen atoms in total. The summed E-state index contributed by atoms with van der Waals surface area (Å²) in [5.74, 6) is 0.0150. The Morgan fingerprint density at radius 2 is 1.70 bits per heavy atom. The number of halogens is 1. The van der Waals surface area contributed by atoms with Crippen molar-refractivity contribution in [2.24, 2.45) is 5.92 Å². The Morgan fingerprint density at radius 1 is 0.980 bits per heavy atom. The Labute approximate surface area is 295 Å². The van der Waals surface area contributed by atoms with Crippen molar-refractivity contribution in [2.45, 2.75) is 76.1 Å². The van der Waals surface area contributed by atoms with Gasteiger partial charge in [-0.25, -0.2) is 32.1 Å². The van der Waals surface area contributed by atoms with Crippen molar-refractivity contribution in [3.05, 3.63) is 101 Å². The normalized spacial score (nSPS) is 12.1. The number of hydrogen-bond acceptors (Lipinski definition) is 8. The molecule has 1 aromatic heterocycles. The summed E-state index contributed by atoms with van der Waals surface area (Å²) < 4.78 is 69.0. The first-order valence-corrected chi connectivity index (χ1v) is 19.5. The van der Waals surface area contributed by atoms with E-state index in [-0.39, 0.29) is 53.0 Å². The Morgan fingerprint density at radius 3 is 2.38 bits per heavy atom. The minimum Gasteiger partial charge on any atom is -0.461 e. The molecular weight excluding hydrogens is 682 g/mol. The van der Waals surface area contributed by atoms with Gasteiger partial charge >= 0.3 is 12.1 Å². The Kier molecular flexibility index (Phi) is 13.9. The molecule has 0 saturated carbocycles. The van der Waals surface area contributed by atoms with Crippen molar-refractivity contribution in [3.63, 3.8) is 0 Å². The summed E-state index contributed by atoms with van der Waals surface area (Å²) in [4.78, 5) is 30.9. The van der Waals surface area contributed by atoms with Gasteiger partial charge in [0.15, 0.2) is 5.69 Å². The molecule has 50 heavy (non-hydrogen) atoms. The Balaban J connectivity index is 1.54. The van der Waals surface area contributed by atoms with Crippen molar-refractivity contribution in [1.82, 2.24) is 14.3 Å². The number of rotatable bonds is 17. The number of sulfonamides is 1. The summed E-state index contributed by atoms with van der Waals surface area (Å²) in [6.07, 6.45) is 1.63. The lowest BCUT2D eigenvalue weighted by molar-refractivity contribution is 0.0492. The molecule has 4 rings (SSSR count). The molecule has 0 saturated heterocycles. The van der Waals surface area contributed by atoms with E-state index in [2.05, 4.69) is 0 Å². The lowest BCUT2D eigenvalue weighted by atomic mass is 10.0. The number of nitrogens with one attached hydrogen (secondary N) is 1. The highest BCUT2D eigenvalue weighted by molar-refractivity contribution is 7.90. The largest absolute Gasteiger partial charge is 0.461 e. The number of aryl methyl sites for hydroxylation is 2. The highest BCUT2D eigenvalue weighted by Crippen LogP contribution is 2.29. The van der Waals surface area contributed by atoms with Crippen LogP contribution in [0.5, 0.6) is 0 Å². The number of aromatic nitrogens is 2. The molecule has 1 atom stereocenters. The number of esters is 1. The fourth-order valence-electron chi connectivity index (χ4n) is 5.26. The maximum absolute atomic E-state index is 15.8. The molecule has 1 amide bonds. The van der Waals surface area contributed by atoms with E-state index in [1.807, 2.05) is 50.6 Å². The second-order valence-corrected chi connectivity index (χ2v) is 15.3. The van der Waals surface area contributed by atoms with E-state index < -0.39 is 38.7 Å². The first kappa shape index (κ1) is 38.4. The first-order chi connectivity index (χ1) is 23.9. The van der Waals surface area contributed by atoms with Crippen LogP contribution in [0.25, 0.3) is 11.1 Å². The third-order valence-corrected chi connectivity index (χ3v) is 10.7. The topological polar surface area (TPSA) is 134 Å². The van der Waals surface area contributed by atoms with Gasteiger partial charge in [-0.2, -0.15) is 0 Å². The SMILES string of the molecule is CCCc1nc(CC)c(C(=O)OCCCS(=O)c2ccccc2)n1Cc1ccc(-c2ccccc2S(=O)(=O)NC(=O)OCCC(C)C)cc1F. The number of hydrogen-bond donors (Lipinski definition) is 1. The third kappa shape index (κ3) is 10.1. The summed E-state index contributed by atoms with van der Waals surface area (Å²) in [7, 11) is -5.56. The van der Waals surface area contributed by atoms with Crippen LogP contribution >= 0.6 is 0 Å². The average molecular weight is 726 g/mol. The van der Waals surface area contributed by atoms with Gasteiger partial charge in [0.05, 0.1) is 41.1 Å². The van der Waals surface area contributed by atoms with Crippen LogP contribution in [0.15, 0.2) is 82.6 Å². The maximum Gasteiger partial charge on any atom is 0.421 e. The van der Waals surface area contributed by atoms with E-state index in [1.54, 1.807) is 28.8 Å². The van der Waals surface area contributed by atoms with Crippen LogP contribution in [-0.2, 0) is 49.7 Å². The molecule has 13 heteroatoms. The van der Waals surface area contributed by atoms with E-state index in [1.165, 1.54) is 30.3 Å². The van der Waals surface area contributed by atoms with Crippen molar-refractivity contribution in [2.75, 3.05) is 19.0 Å². The zero-order valence-corrected chi connectivity index (χ0v) is 30.4. The van der Waals surface area contributed by atoms with E-state index >= 15 is 4.39 Å². The maximum atomic E-state index is 15.8. The van der Waals surface area contributed by atoms with Crippen LogP contribution < -0.4 is 4.72 Å². The van der Waals surface area contributed by atoms with Crippen LogP contribution in [0.4, 0.5) is 9.18 Å². The van der Waals surface area contributed by atoms with Crippen molar-refractivity contribution < 1.29 is 36.1 Å². The number of amides is 1. The molecule has 0 bridgehead atoms. The Hall–Kier alpha value is -4.36. The number of nitrogens with zero attached hydrogens (tertiary/aromatic N) is 2. The molecule has 0 aliphatic rings. The summed E-state index contributed by atoms with van der Waals surface area (Å²) in [5.41, 5.74) is 1.51. The first-order valence-electron chi connectivity index (χ1n) is 16.7. The Bertz CT molecular complexity index is 1910. The number of carbonyl (C=O) groups is 2. The lowest BCUT2D eigenvalue weighted by Crippen LogP contribution is -2.31. The smallest absolute Gasteiger partial charge is 0.421 e. The lowest BCUT2D eigenvalue weighted by Gasteiger charge is -2.15. The second-order valence-electron chi connectivity index (χ2n) is 12.1. The molecule has 4 aromatic rings. The van der Waals surface area contributed by atoms with E-state index in [0.29, 0.717) is 47.8 Å². The molecule has 3 aromatic carbocycles. The molecule has 1 N–H and O–H groups in total. The number of imidazole rings is 1. The van der Waals surface area contributed by atoms with Gasteiger partial charge < -0.3 is 14.0 Å². The van der Waals surface area contributed by atoms with Gasteiger partial charge in [0, 0.05) is 28.2 Å². The van der Waals surface area contributed by atoms with Crippen LogP contribution in [-0.4, -0.2) is 53.2 Å². The van der Waals surface area contributed by atoms with Crippen LogP contribution in [0.2, 0.25) is 0 Å². The van der Waals surface area contributed by atoms with Crippen molar-refractivity contribution >= 4 is 32.9 Å². The van der Waals surface area contributed by atoms with Gasteiger partial charge in [0.1, 0.15) is 11.6 Å². The quantitative estimate of drug-likeness (QED) is 0.0903. The van der Waals surface area contributed by atoms with Crippen molar-refractivity contribution in [1.29, 1.82) is 0 Å². The fraction of sp³-hybridized carbons (Fsp3) is 0.378. The fourth-order valence-corrected chi connectivity index (χ4v) is 7.46. The van der Waals surface area contributed by atoms with Gasteiger partial charge in [-0.05, 0) is 61.4 Å². The standard InChI is InChI=1S/C37H44FN3O7S2/c1-5-13-34-39-32(6-2)35(36(42)47-21-12-23-49(44)29-14-8-7-9-15-29)41(34)25-28-19-18-27(24-31(28)38)30-16-10-11-17-33(30)50(45,46)40-37(43)48-22-20-26(3)4/h7-11,14-19,24,26H,5-6,12-13,20-23,25H2,1-4H3,(H,40,43). The number of carbonyl (C=O) groups excluding carboxylic acids is 2. The molecule has 0 spiro atoms. The minimum atomic E-state index is -4.34. The minimum absolute atomic E-state index is 0.0133. The van der Waals surface area contributed by atoms with Gasteiger partial charge in [-0.1, -0.05) is 76.2 Å². The summed E-state index contributed by atoms with van der Waals surface area (Å²) in [6.45, 7) is 7.89. The summed E-state index contributed by atoms with van der Waals surface area (Å²) >= 11 is 0. The van der Waals surface area contributed by atoms with Crippen LogP contribution in [0, 0.1) is 11.7 Å². The zero-order chi connectivity index (χ0) is 36.3. The van der Waals surface area contributed by atoms with Gasteiger partial charge in [-0.15, -0.1) is 0 Å². The average Bonchev–Trinajstić information content (AvgIpc) is 3.44. The molecular formula is C37H44FN3O7S2. The number of ether oxygens (including phenoxy) is 2. The predicted molar refractivity (Wildman–Crippen MR) is 190 cm³/mol. The third-order valence-electron chi connectivity index (χ3n) is 7.85. The van der Waals surface area contributed by atoms with Crippen molar-refractivity contribution in [3.8, 4) is 11.1 Å². The monoisotopic (exact) mass is 725 g/mol. The summed E-state index contributed by atoms with van der Waals surface area (Å²) in [5, 5.41) is 0. The van der Waals surface area contributed by atoms with Gasteiger partial charge in [0.25, 0.3) is 10.0 Å². The van der Waals surface area contributed by atoms with Crippen LogP contribution in [0.3, 0.4) is 0 Å². The van der Waals surface area contributed by atoms with E-state index in [0.717, 1.165) is 6.42 Å². The second kappa shape index (κ2) is 18.0. The molecule has 268 valence electrons. The zero-order valence-electron chi connectivity index (χ0n) is 28.8.